The lowest BCUT2D eigenvalue weighted by molar-refractivity contribution is -0.384. The number of nitrogens with two attached hydrogens (primary N) is 1. The smallest absolute Gasteiger partial charge is 0.270 e. The van der Waals surface area contributed by atoms with Crippen molar-refractivity contribution in [3.05, 3.63) is 75.3 Å². The minimum absolute atomic E-state index is 0.0483. The predicted octanol–water partition coefficient (Wildman–Crippen LogP) is 0.903. The summed E-state index contributed by atoms with van der Waals surface area (Å²) in [6.45, 7) is -0.164. The molecule has 4 N–H and O–H groups in total. The van der Waals surface area contributed by atoms with Gasteiger partial charge in [0.1, 0.15) is 6.04 Å². The van der Waals surface area contributed by atoms with E-state index < -0.39 is 22.8 Å². The van der Waals surface area contributed by atoms with Crippen LogP contribution in [0.2, 0.25) is 0 Å². The van der Waals surface area contributed by atoms with Crippen LogP contribution in [0.3, 0.4) is 0 Å². The third-order valence-corrected chi connectivity index (χ3v) is 3.84. The van der Waals surface area contributed by atoms with Gasteiger partial charge in [-0.3, -0.25) is 24.9 Å². The number of nitro groups is 1. The molecule has 30 heavy (non-hydrogen) atoms. The summed E-state index contributed by atoms with van der Waals surface area (Å²) in [6, 6.07) is 11.1. The number of nitro benzene ring substituents is 1. The number of hydroxylamine groups is 2. The molecule has 0 bridgehead atoms. The van der Waals surface area contributed by atoms with Crippen molar-refractivity contribution in [2.24, 2.45) is 5.73 Å². The molecule has 0 heterocycles. The second-order valence-electron chi connectivity index (χ2n) is 6.01. The zero-order chi connectivity index (χ0) is 22.1. The van der Waals surface area contributed by atoms with E-state index in [1.54, 1.807) is 24.3 Å². The van der Waals surface area contributed by atoms with Crippen molar-refractivity contribution < 1.29 is 19.7 Å². The third kappa shape index (κ3) is 6.17. The molecule has 0 aromatic heterocycles. The Morgan fingerprint density at radius 1 is 1.17 bits per heavy atom. The van der Waals surface area contributed by atoms with Gasteiger partial charge in [-0.05, 0) is 42.2 Å². The molecule has 2 rings (SSSR count). The number of hydrogen-bond donors (Lipinski definition) is 3. The van der Waals surface area contributed by atoms with E-state index in [9.17, 15) is 24.9 Å². The molecule has 152 valence electrons. The van der Waals surface area contributed by atoms with Gasteiger partial charge in [0.15, 0.2) is 0 Å². The van der Waals surface area contributed by atoms with Crippen molar-refractivity contribution in [2.45, 2.75) is 6.04 Å². The Hall–Kier alpha value is -4.18. The standard InChI is InChI=1S/C21H18N4O5/c1-24(28)21(27)19(14-22)23-20(26)17-11-9-15(10-12-17)5-2-3-6-16-7-4-8-18(13-16)25(29)30/h4,7-13,19,28H,14,22H2,1H3,(H,23,26)/t19-/m0/s1. The van der Waals surface area contributed by atoms with Gasteiger partial charge in [-0.15, -0.1) is 0 Å². The molecule has 9 heteroatoms. The number of carbonyl (C=O) groups is 2. The lowest BCUT2D eigenvalue weighted by Gasteiger charge is -2.18. The maximum Gasteiger partial charge on any atom is 0.270 e. The average Bonchev–Trinajstić information content (AvgIpc) is 2.75. The zero-order valence-electron chi connectivity index (χ0n) is 16.0. The summed E-state index contributed by atoms with van der Waals surface area (Å²) in [7, 11) is 1.15. The van der Waals surface area contributed by atoms with Crippen LogP contribution in [0, 0.1) is 33.8 Å². The molecular formula is C21H18N4O5. The van der Waals surface area contributed by atoms with Crippen LogP contribution < -0.4 is 11.1 Å². The summed E-state index contributed by atoms with van der Waals surface area (Å²) in [5.74, 6) is 9.54. The van der Waals surface area contributed by atoms with Crippen molar-refractivity contribution in [1.29, 1.82) is 0 Å². The number of nitrogens with zero attached hydrogens (tertiary/aromatic N) is 2. The molecule has 0 spiro atoms. The molecule has 0 saturated heterocycles. The number of benzene rings is 2. The fourth-order valence-corrected chi connectivity index (χ4v) is 2.30. The third-order valence-electron chi connectivity index (χ3n) is 3.84. The molecule has 0 aliphatic carbocycles. The molecule has 0 fully saturated rings. The second kappa shape index (κ2) is 10.4. The summed E-state index contributed by atoms with van der Waals surface area (Å²) in [5, 5.41) is 22.7. The molecule has 1 atom stereocenters. The Morgan fingerprint density at radius 3 is 2.37 bits per heavy atom. The highest BCUT2D eigenvalue weighted by molar-refractivity contribution is 5.97. The molecule has 0 unspecified atom stereocenters. The van der Waals surface area contributed by atoms with Crippen molar-refractivity contribution in [2.75, 3.05) is 13.6 Å². The average molecular weight is 406 g/mol. The summed E-state index contributed by atoms with van der Waals surface area (Å²) >= 11 is 0. The van der Waals surface area contributed by atoms with Crippen LogP contribution in [-0.4, -0.2) is 46.6 Å². The Balaban J connectivity index is 2.04. The molecular weight excluding hydrogens is 388 g/mol. The molecule has 0 radical (unpaired) electrons. The van der Waals surface area contributed by atoms with E-state index >= 15 is 0 Å². The fraction of sp³-hybridized carbons (Fsp3) is 0.143. The van der Waals surface area contributed by atoms with Gasteiger partial charge in [0.2, 0.25) is 0 Å². The zero-order valence-corrected chi connectivity index (χ0v) is 16.0. The molecule has 0 aliphatic rings. The molecule has 2 aromatic rings. The summed E-state index contributed by atoms with van der Waals surface area (Å²) in [5.41, 5.74) is 6.77. The molecule has 2 amide bonds. The van der Waals surface area contributed by atoms with Crippen molar-refractivity contribution >= 4 is 17.5 Å². The van der Waals surface area contributed by atoms with Crippen LogP contribution in [0.15, 0.2) is 48.5 Å². The summed E-state index contributed by atoms with van der Waals surface area (Å²) in [4.78, 5) is 34.2. The lowest BCUT2D eigenvalue weighted by Crippen LogP contribution is -2.50. The number of nitrogens with one attached hydrogen (secondary N) is 1. The van der Waals surface area contributed by atoms with Gasteiger partial charge in [0.25, 0.3) is 17.5 Å². The lowest BCUT2D eigenvalue weighted by atomic mass is 10.1. The first-order valence-corrected chi connectivity index (χ1v) is 8.65. The number of amides is 2. The monoisotopic (exact) mass is 406 g/mol. The Kier molecular flexibility index (Phi) is 7.66. The van der Waals surface area contributed by atoms with E-state index in [4.69, 9.17) is 5.73 Å². The van der Waals surface area contributed by atoms with E-state index in [-0.39, 0.29) is 17.8 Å². The van der Waals surface area contributed by atoms with Gasteiger partial charge in [-0.1, -0.05) is 17.9 Å². The fourth-order valence-electron chi connectivity index (χ4n) is 2.30. The van der Waals surface area contributed by atoms with Gasteiger partial charge in [-0.25, -0.2) is 5.06 Å². The van der Waals surface area contributed by atoms with Crippen LogP contribution >= 0.6 is 0 Å². The first-order valence-electron chi connectivity index (χ1n) is 8.65. The van der Waals surface area contributed by atoms with Crippen molar-refractivity contribution in [3.8, 4) is 23.7 Å². The van der Waals surface area contributed by atoms with Crippen LogP contribution in [0.1, 0.15) is 21.5 Å². The summed E-state index contributed by atoms with van der Waals surface area (Å²) in [6.07, 6.45) is 0. The van der Waals surface area contributed by atoms with Gasteiger partial charge < -0.3 is 11.1 Å². The van der Waals surface area contributed by atoms with Gasteiger partial charge >= 0.3 is 0 Å². The molecule has 2 aromatic carbocycles. The van der Waals surface area contributed by atoms with E-state index in [0.717, 1.165) is 7.05 Å². The summed E-state index contributed by atoms with van der Waals surface area (Å²) < 4.78 is 0. The Bertz CT molecular complexity index is 1070. The predicted molar refractivity (Wildman–Crippen MR) is 108 cm³/mol. The highest BCUT2D eigenvalue weighted by atomic mass is 16.6. The second-order valence-corrected chi connectivity index (χ2v) is 6.01. The maximum atomic E-state index is 12.2. The molecule has 9 nitrogen and oxygen atoms in total. The number of hydrogen-bond acceptors (Lipinski definition) is 6. The largest absolute Gasteiger partial charge is 0.339 e. The van der Waals surface area contributed by atoms with Crippen LogP contribution in [0.4, 0.5) is 5.69 Å². The Labute approximate surface area is 172 Å². The molecule has 0 saturated carbocycles. The van der Waals surface area contributed by atoms with Crippen LogP contribution in [-0.2, 0) is 4.79 Å². The van der Waals surface area contributed by atoms with E-state index in [1.165, 1.54) is 24.3 Å². The molecule has 0 aliphatic heterocycles. The number of likely N-dealkylation sites (N-methyl/N-ethyl adjacent to an activating group) is 1. The highest BCUT2D eigenvalue weighted by Crippen LogP contribution is 2.11. The maximum absolute atomic E-state index is 12.2. The minimum Gasteiger partial charge on any atom is -0.339 e. The number of rotatable bonds is 5. The first kappa shape index (κ1) is 22.1. The quantitative estimate of drug-likeness (QED) is 0.292. The van der Waals surface area contributed by atoms with E-state index in [2.05, 4.69) is 29.0 Å². The SMILES string of the molecule is CN(O)C(=O)[C@H](CN)NC(=O)c1ccc(C#CC#Cc2cccc([N+](=O)[O-])c2)cc1. The number of non-ortho nitro benzene ring substituents is 1. The van der Waals surface area contributed by atoms with Crippen LogP contribution in [0.25, 0.3) is 0 Å². The normalized spacial score (nSPS) is 10.5. The van der Waals surface area contributed by atoms with Gasteiger partial charge in [-0.2, -0.15) is 0 Å². The topological polar surface area (TPSA) is 139 Å². The van der Waals surface area contributed by atoms with Crippen molar-refractivity contribution in [3.63, 3.8) is 0 Å². The van der Waals surface area contributed by atoms with Gasteiger partial charge in [0, 0.05) is 42.4 Å². The van der Waals surface area contributed by atoms with Crippen LogP contribution in [0.5, 0.6) is 0 Å². The van der Waals surface area contributed by atoms with Gasteiger partial charge in [0.05, 0.1) is 4.92 Å². The highest BCUT2D eigenvalue weighted by Gasteiger charge is 2.22. The van der Waals surface area contributed by atoms with E-state index in [0.29, 0.717) is 16.2 Å². The Morgan fingerprint density at radius 2 is 1.80 bits per heavy atom. The van der Waals surface area contributed by atoms with E-state index in [1.807, 2.05) is 0 Å². The first-order chi connectivity index (χ1) is 14.3. The minimum atomic E-state index is -1.05. The number of carbonyl (C=O) groups excluding carboxylic acids is 2. The van der Waals surface area contributed by atoms with Crippen molar-refractivity contribution in [1.82, 2.24) is 10.4 Å².